The van der Waals surface area contributed by atoms with E-state index in [0.29, 0.717) is 11.4 Å². The second kappa shape index (κ2) is 8.87. The van der Waals surface area contributed by atoms with Crippen molar-refractivity contribution in [3.63, 3.8) is 0 Å². The highest BCUT2D eigenvalue weighted by molar-refractivity contribution is 5.87. The Morgan fingerprint density at radius 2 is 1.53 bits per heavy atom. The van der Waals surface area contributed by atoms with E-state index in [4.69, 9.17) is 0 Å². The van der Waals surface area contributed by atoms with Crippen molar-refractivity contribution in [2.45, 2.75) is 6.92 Å². The summed E-state index contributed by atoms with van der Waals surface area (Å²) in [4.78, 5) is 35.4. The van der Waals surface area contributed by atoms with E-state index in [-0.39, 0.29) is 22.7 Å². The highest BCUT2D eigenvalue weighted by atomic mass is 16.6. The van der Waals surface area contributed by atoms with Crippen molar-refractivity contribution in [3.05, 3.63) is 96.1 Å². The van der Waals surface area contributed by atoms with Crippen LogP contribution < -0.4 is 5.32 Å². The van der Waals surface area contributed by atoms with Crippen molar-refractivity contribution < 1.29 is 19.9 Å². The molecule has 0 saturated heterocycles. The minimum absolute atomic E-state index is 0.0516. The van der Waals surface area contributed by atoms with Crippen LogP contribution in [0.3, 0.4) is 0 Å². The Hall–Kier alpha value is -4.87. The second-order valence-corrected chi connectivity index (χ2v) is 6.60. The Morgan fingerprint density at radius 3 is 2.19 bits per heavy atom. The van der Waals surface area contributed by atoms with E-state index >= 15 is 0 Å². The zero-order chi connectivity index (χ0) is 23.4. The lowest BCUT2D eigenvalue weighted by Crippen LogP contribution is -1.99. The SMILES string of the molecule is Cc1ccc(Nc2ccc([N+](=O)[O-])cc2[N+](=O)[O-])cc1N=Cc1cc([N+](=O)[O-])ccc1O. The Kier molecular flexibility index (Phi) is 6.05. The van der Waals surface area contributed by atoms with Gasteiger partial charge in [-0.1, -0.05) is 6.07 Å². The van der Waals surface area contributed by atoms with Crippen LogP contribution >= 0.6 is 0 Å². The summed E-state index contributed by atoms with van der Waals surface area (Å²) in [6, 6.07) is 11.7. The van der Waals surface area contributed by atoms with E-state index in [0.717, 1.165) is 17.7 Å². The number of hydrogen-bond acceptors (Lipinski definition) is 9. The fourth-order valence-corrected chi connectivity index (χ4v) is 2.77. The molecule has 0 aliphatic carbocycles. The topological polar surface area (TPSA) is 174 Å². The summed E-state index contributed by atoms with van der Waals surface area (Å²) in [7, 11) is 0. The number of nitrogens with zero attached hydrogens (tertiary/aromatic N) is 4. The molecule has 12 heteroatoms. The van der Waals surface area contributed by atoms with Gasteiger partial charge in [0, 0.05) is 35.7 Å². The molecule has 3 aromatic carbocycles. The maximum absolute atomic E-state index is 11.3. The fourth-order valence-electron chi connectivity index (χ4n) is 2.77. The number of aliphatic imine (C=N–C) groups is 1. The maximum atomic E-state index is 11.3. The van der Waals surface area contributed by atoms with Crippen molar-refractivity contribution in [1.29, 1.82) is 0 Å². The number of nitro benzene ring substituents is 3. The standard InChI is InChI=1S/C20H15N5O7/c1-12-2-3-14(22-17-6-4-16(24(29)30)10-19(17)25(31)32)9-18(12)21-11-13-8-15(23(27)28)5-7-20(13)26/h2-11,22,26H,1H3. The number of aromatic hydroxyl groups is 1. The van der Waals surface area contributed by atoms with E-state index in [1.54, 1.807) is 25.1 Å². The highest BCUT2D eigenvalue weighted by Crippen LogP contribution is 2.33. The average Bonchev–Trinajstić information content (AvgIpc) is 2.74. The van der Waals surface area contributed by atoms with Crippen molar-refractivity contribution in [2.75, 3.05) is 5.32 Å². The molecule has 0 aliphatic rings. The van der Waals surface area contributed by atoms with Crippen LogP contribution in [0.1, 0.15) is 11.1 Å². The van der Waals surface area contributed by atoms with Gasteiger partial charge >= 0.3 is 0 Å². The van der Waals surface area contributed by atoms with Gasteiger partial charge in [-0.25, -0.2) is 0 Å². The van der Waals surface area contributed by atoms with Gasteiger partial charge in [-0.3, -0.25) is 35.3 Å². The van der Waals surface area contributed by atoms with Crippen LogP contribution in [0.25, 0.3) is 0 Å². The molecule has 0 aliphatic heterocycles. The summed E-state index contributed by atoms with van der Waals surface area (Å²) >= 11 is 0. The van der Waals surface area contributed by atoms with Crippen LogP contribution in [0, 0.1) is 37.3 Å². The number of nitro groups is 3. The number of benzene rings is 3. The molecule has 0 fully saturated rings. The molecular formula is C20H15N5O7. The number of hydrogen-bond donors (Lipinski definition) is 2. The highest BCUT2D eigenvalue weighted by Gasteiger charge is 2.19. The van der Waals surface area contributed by atoms with Gasteiger partial charge in [0.25, 0.3) is 17.1 Å². The van der Waals surface area contributed by atoms with E-state index in [2.05, 4.69) is 10.3 Å². The van der Waals surface area contributed by atoms with Gasteiger partial charge in [-0.2, -0.15) is 0 Å². The van der Waals surface area contributed by atoms with Gasteiger partial charge in [0.15, 0.2) is 0 Å². The van der Waals surface area contributed by atoms with Gasteiger partial charge < -0.3 is 10.4 Å². The number of anilines is 2. The lowest BCUT2D eigenvalue weighted by atomic mass is 10.1. The Balaban J connectivity index is 1.93. The molecule has 3 rings (SSSR count). The quantitative estimate of drug-likeness (QED) is 0.297. The molecule has 0 amide bonds. The Bertz CT molecular complexity index is 1270. The Morgan fingerprint density at radius 1 is 0.875 bits per heavy atom. The zero-order valence-electron chi connectivity index (χ0n) is 16.5. The minimum atomic E-state index is -0.728. The lowest BCUT2D eigenvalue weighted by molar-refractivity contribution is -0.393. The molecule has 0 heterocycles. The van der Waals surface area contributed by atoms with Gasteiger partial charge in [-0.05, 0) is 36.8 Å². The van der Waals surface area contributed by atoms with E-state index in [1.165, 1.54) is 30.5 Å². The monoisotopic (exact) mass is 437 g/mol. The molecule has 162 valence electrons. The van der Waals surface area contributed by atoms with E-state index < -0.39 is 26.1 Å². The van der Waals surface area contributed by atoms with Crippen LogP contribution in [0.4, 0.5) is 34.1 Å². The second-order valence-electron chi connectivity index (χ2n) is 6.60. The third kappa shape index (κ3) is 4.81. The average molecular weight is 437 g/mol. The third-order valence-electron chi connectivity index (χ3n) is 4.44. The molecule has 0 atom stereocenters. The van der Waals surface area contributed by atoms with Crippen LogP contribution in [0.15, 0.2) is 59.6 Å². The van der Waals surface area contributed by atoms with Gasteiger partial charge in [0.1, 0.15) is 11.4 Å². The molecule has 3 aromatic rings. The van der Waals surface area contributed by atoms with Crippen molar-refractivity contribution in [1.82, 2.24) is 0 Å². The van der Waals surface area contributed by atoms with Crippen molar-refractivity contribution >= 4 is 40.3 Å². The molecule has 12 nitrogen and oxygen atoms in total. The first-order valence-electron chi connectivity index (χ1n) is 8.97. The zero-order valence-corrected chi connectivity index (χ0v) is 16.5. The number of phenols is 1. The van der Waals surface area contributed by atoms with Crippen molar-refractivity contribution in [2.24, 2.45) is 4.99 Å². The predicted molar refractivity (Wildman–Crippen MR) is 116 cm³/mol. The minimum Gasteiger partial charge on any atom is -0.507 e. The van der Waals surface area contributed by atoms with Gasteiger partial charge in [-0.15, -0.1) is 0 Å². The summed E-state index contributed by atoms with van der Waals surface area (Å²) in [5.74, 6) is -0.187. The first-order chi connectivity index (χ1) is 15.2. The molecule has 32 heavy (non-hydrogen) atoms. The number of non-ortho nitro benzene ring substituents is 2. The first kappa shape index (κ1) is 21.8. The smallest absolute Gasteiger partial charge is 0.299 e. The van der Waals surface area contributed by atoms with E-state index in [1.807, 2.05) is 0 Å². The molecule has 0 radical (unpaired) electrons. The summed E-state index contributed by atoms with van der Waals surface area (Å²) in [6.07, 6.45) is 1.27. The van der Waals surface area contributed by atoms with Crippen LogP contribution in [-0.2, 0) is 0 Å². The number of aryl methyl sites for hydroxylation is 1. The molecule has 0 aromatic heterocycles. The summed E-state index contributed by atoms with van der Waals surface area (Å²) in [6.45, 7) is 1.76. The molecule has 0 bridgehead atoms. The summed E-state index contributed by atoms with van der Waals surface area (Å²) in [5.41, 5.74) is 0.698. The maximum Gasteiger partial charge on any atom is 0.299 e. The van der Waals surface area contributed by atoms with Crippen LogP contribution in [0.5, 0.6) is 5.75 Å². The van der Waals surface area contributed by atoms with Crippen molar-refractivity contribution in [3.8, 4) is 5.75 Å². The molecule has 0 saturated carbocycles. The Labute approximate surface area is 179 Å². The largest absolute Gasteiger partial charge is 0.507 e. The predicted octanol–water partition coefficient (Wildman–Crippen LogP) is 4.92. The number of phenolic OH excluding ortho intramolecular Hbond substituents is 1. The number of rotatable bonds is 7. The normalized spacial score (nSPS) is 10.8. The van der Waals surface area contributed by atoms with E-state index in [9.17, 15) is 35.4 Å². The number of nitrogens with one attached hydrogen (secondary N) is 1. The molecule has 0 spiro atoms. The molecular weight excluding hydrogens is 422 g/mol. The third-order valence-corrected chi connectivity index (χ3v) is 4.44. The lowest BCUT2D eigenvalue weighted by Gasteiger charge is -2.09. The van der Waals surface area contributed by atoms with Crippen LogP contribution in [-0.4, -0.2) is 26.1 Å². The first-order valence-corrected chi connectivity index (χ1v) is 8.97. The summed E-state index contributed by atoms with van der Waals surface area (Å²) < 4.78 is 0. The van der Waals surface area contributed by atoms with Gasteiger partial charge in [0.2, 0.25) is 0 Å². The molecule has 0 unspecified atom stereocenters. The van der Waals surface area contributed by atoms with Gasteiger partial charge in [0.05, 0.1) is 26.5 Å². The van der Waals surface area contributed by atoms with Crippen LogP contribution in [0.2, 0.25) is 0 Å². The molecule has 2 N–H and O–H groups in total. The fraction of sp³-hybridized carbons (Fsp3) is 0.0500. The summed E-state index contributed by atoms with van der Waals surface area (Å²) in [5, 5.41) is 45.9.